The predicted octanol–water partition coefficient (Wildman–Crippen LogP) is 6.05. The molecule has 3 rings (SSSR count). The number of hydrogen-bond donors (Lipinski definition) is 2. The third-order valence-electron chi connectivity index (χ3n) is 3.04. The summed E-state index contributed by atoms with van der Waals surface area (Å²) in [5.41, 5.74) is 1.34. The van der Waals surface area contributed by atoms with Crippen LogP contribution < -0.4 is 10.6 Å². The number of rotatable bonds is 2. The fourth-order valence-electron chi connectivity index (χ4n) is 1.97. The first-order chi connectivity index (χ1) is 11.8. The minimum absolute atomic E-state index is 0.191. The number of halogens is 4. The fourth-order valence-corrected chi connectivity index (χ4v) is 5.63. The molecule has 1 heterocycles. The zero-order valence-electron chi connectivity index (χ0n) is 12.1. The van der Waals surface area contributed by atoms with Gasteiger partial charge in [-0.3, -0.25) is 10.1 Å². The Hall–Kier alpha value is -0.0800. The molecule has 0 saturated carbocycles. The van der Waals surface area contributed by atoms with E-state index >= 15 is 0 Å². The number of aromatic nitrogens is 1. The van der Waals surface area contributed by atoms with E-state index in [2.05, 4.69) is 76.7 Å². The summed E-state index contributed by atoms with van der Waals surface area (Å²) in [6.45, 7) is 0. The summed E-state index contributed by atoms with van der Waals surface area (Å²) < 4.78 is 3.61. The van der Waals surface area contributed by atoms with Gasteiger partial charge in [0.15, 0.2) is 10.2 Å². The number of carbonyl (C=O) groups excluding carboxylic acids is 1. The third-order valence-corrected chi connectivity index (χ3v) is 7.48. The van der Waals surface area contributed by atoms with Crippen molar-refractivity contribution in [1.82, 2.24) is 10.3 Å². The summed E-state index contributed by atoms with van der Waals surface area (Å²) in [5.74, 6) is -0.287. The normalized spacial score (nSPS) is 10.7. The quantitative estimate of drug-likeness (QED) is 0.197. The van der Waals surface area contributed by atoms with Crippen molar-refractivity contribution in [2.24, 2.45) is 0 Å². The number of nitrogens with zero attached hydrogens (tertiary/aromatic N) is 1. The number of thiocarbonyl (C=S) groups is 1. The number of carbonyl (C=O) groups is 1. The zero-order chi connectivity index (χ0) is 18.1. The van der Waals surface area contributed by atoms with Crippen molar-refractivity contribution in [2.75, 3.05) is 5.32 Å². The number of nitrogens with one attached hydrogen (secondary N) is 2. The van der Waals surface area contributed by atoms with Gasteiger partial charge >= 0.3 is 0 Å². The van der Waals surface area contributed by atoms with Gasteiger partial charge in [-0.2, -0.15) is 0 Å². The van der Waals surface area contributed by atoms with Crippen molar-refractivity contribution in [1.29, 1.82) is 0 Å². The van der Waals surface area contributed by atoms with Gasteiger partial charge < -0.3 is 5.32 Å². The topological polar surface area (TPSA) is 54.0 Å². The molecule has 4 nitrogen and oxygen atoms in total. The van der Waals surface area contributed by atoms with Crippen molar-refractivity contribution in [3.8, 4) is 0 Å². The molecule has 0 radical (unpaired) electrons. The van der Waals surface area contributed by atoms with Gasteiger partial charge in [-0.05, 0) is 104 Å². The average molecular weight is 679 g/mol. The Balaban J connectivity index is 1.74. The number of anilines is 1. The first-order valence-corrected chi connectivity index (χ1v) is 11.2. The Morgan fingerprint density at radius 2 is 2.04 bits per heavy atom. The molecule has 10 heteroatoms. The molecule has 0 aliphatic carbocycles. The maximum Gasteiger partial charge on any atom is 0.258 e. The molecule has 128 valence electrons. The Morgan fingerprint density at radius 3 is 2.80 bits per heavy atom. The van der Waals surface area contributed by atoms with E-state index in [4.69, 9.17) is 23.8 Å². The van der Waals surface area contributed by atoms with Crippen LogP contribution in [0, 0.1) is 7.14 Å². The highest BCUT2D eigenvalue weighted by molar-refractivity contribution is 14.1. The van der Waals surface area contributed by atoms with Crippen LogP contribution in [-0.4, -0.2) is 16.0 Å². The van der Waals surface area contributed by atoms with Gasteiger partial charge in [0, 0.05) is 16.6 Å². The monoisotopic (exact) mass is 677 g/mol. The molecule has 1 aromatic heterocycles. The smallest absolute Gasteiger partial charge is 0.258 e. The van der Waals surface area contributed by atoms with Gasteiger partial charge in [-0.25, -0.2) is 4.98 Å². The van der Waals surface area contributed by atoms with Gasteiger partial charge in [0.1, 0.15) is 0 Å². The molecule has 0 spiro atoms. The minimum atomic E-state index is -0.287. The van der Waals surface area contributed by atoms with Crippen molar-refractivity contribution < 1.29 is 4.79 Å². The molecule has 25 heavy (non-hydrogen) atoms. The zero-order valence-corrected chi connectivity index (χ0v) is 20.4. The Labute approximate surface area is 193 Å². The van der Waals surface area contributed by atoms with Crippen LogP contribution in [0.2, 0.25) is 5.02 Å². The van der Waals surface area contributed by atoms with Crippen LogP contribution in [0.3, 0.4) is 0 Å². The number of hydrogen-bond acceptors (Lipinski definition) is 4. The van der Waals surface area contributed by atoms with Crippen LogP contribution >= 0.6 is 96.3 Å². The Kier molecular flexibility index (Phi) is 6.53. The van der Waals surface area contributed by atoms with Crippen LogP contribution in [0.5, 0.6) is 0 Å². The molecule has 0 unspecified atom stereocenters. The maximum atomic E-state index is 12.5. The lowest BCUT2D eigenvalue weighted by Gasteiger charge is -2.10. The standard InChI is InChI=1S/C15H7BrClI2N3OS2/c16-12-8(4-7(18)5-9(12)19)13(23)21-14(24)22-15-20-10-2-1-6(17)3-11(10)25-15/h1-5H,(H2,20,21,22,23,24). The van der Waals surface area contributed by atoms with E-state index in [1.54, 1.807) is 12.1 Å². The SMILES string of the molecule is O=C(NC(=S)Nc1nc2ccc(Cl)cc2s1)c1cc(I)cc(I)c1Br. The van der Waals surface area contributed by atoms with Crippen LogP contribution in [0.25, 0.3) is 10.2 Å². The number of fused-ring (bicyclic) bond motifs is 1. The van der Waals surface area contributed by atoms with E-state index < -0.39 is 0 Å². The lowest BCUT2D eigenvalue weighted by molar-refractivity contribution is 0.0977. The van der Waals surface area contributed by atoms with E-state index in [0.29, 0.717) is 15.7 Å². The Morgan fingerprint density at radius 1 is 1.28 bits per heavy atom. The molecule has 2 N–H and O–H groups in total. The number of thiazole rings is 1. The van der Waals surface area contributed by atoms with E-state index in [1.807, 2.05) is 18.2 Å². The molecule has 0 bridgehead atoms. The highest BCUT2D eigenvalue weighted by Gasteiger charge is 2.15. The maximum absolute atomic E-state index is 12.5. The fraction of sp³-hybridized carbons (Fsp3) is 0. The van der Waals surface area contributed by atoms with Crippen LogP contribution in [0.1, 0.15) is 10.4 Å². The second kappa shape index (κ2) is 8.30. The summed E-state index contributed by atoms with van der Waals surface area (Å²) in [6.07, 6.45) is 0. The molecule has 3 aromatic rings. The molecule has 0 fully saturated rings. The largest absolute Gasteiger partial charge is 0.308 e. The number of amides is 1. The molecule has 0 aliphatic heterocycles. The summed E-state index contributed by atoms with van der Waals surface area (Å²) in [5, 5.41) is 7.06. The molecule has 0 saturated heterocycles. The summed E-state index contributed by atoms with van der Waals surface area (Å²) >= 11 is 20.4. The van der Waals surface area contributed by atoms with Gasteiger partial charge in [-0.1, -0.05) is 22.9 Å². The summed E-state index contributed by atoms with van der Waals surface area (Å²) in [4.78, 5) is 16.9. The van der Waals surface area contributed by atoms with Crippen molar-refractivity contribution in [2.45, 2.75) is 0 Å². The van der Waals surface area contributed by atoms with Crippen LogP contribution in [0.4, 0.5) is 5.13 Å². The van der Waals surface area contributed by atoms with Gasteiger partial charge in [-0.15, -0.1) is 0 Å². The second-order valence-corrected chi connectivity index (χ2v) is 9.86. The van der Waals surface area contributed by atoms with E-state index in [1.165, 1.54) is 11.3 Å². The molecule has 0 atom stereocenters. The molecule has 2 aromatic carbocycles. The first kappa shape index (κ1) is 19.7. The van der Waals surface area contributed by atoms with Crippen LogP contribution in [0.15, 0.2) is 34.8 Å². The van der Waals surface area contributed by atoms with E-state index in [9.17, 15) is 4.79 Å². The summed E-state index contributed by atoms with van der Waals surface area (Å²) in [6, 6.07) is 9.23. The van der Waals surface area contributed by atoms with E-state index in [0.717, 1.165) is 21.8 Å². The average Bonchev–Trinajstić information content (AvgIpc) is 2.91. The van der Waals surface area contributed by atoms with Crippen LogP contribution in [-0.2, 0) is 0 Å². The minimum Gasteiger partial charge on any atom is -0.308 e. The predicted molar refractivity (Wildman–Crippen MR) is 128 cm³/mol. The van der Waals surface area contributed by atoms with E-state index in [-0.39, 0.29) is 11.0 Å². The lowest BCUT2D eigenvalue weighted by atomic mass is 10.2. The van der Waals surface area contributed by atoms with Gasteiger partial charge in [0.2, 0.25) is 0 Å². The van der Waals surface area contributed by atoms with Crippen molar-refractivity contribution >= 4 is 123 Å². The molecule has 1 amide bonds. The van der Waals surface area contributed by atoms with Crippen molar-refractivity contribution in [3.05, 3.63) is 52.5 Å². The lowest BCUT2D eigenvalue weighted by Crippen LogP contribution is -2.34. The van der Waals surface area contributed by atoms with Gasteiger partial charge in [0.25, 0.3) is 5.91 Å². The molecular formula is C15H7BrClI2N3OS2. The Bertz CT molecular complexity index is 1010. The van der Waals surface area contributed by atoms with Gasteiger partial charge in [0.05, 0.1) is 15.8 Å². The molecule has 0 aliphatic rings. The first-order valence-electron chi connectivity index (χ1n) is 6.66. The highest BCUT2D eigenvalue weighted by atomic mass is 127. The molecular weight excluding hydrogens is 671 g/mol. The highest BCUT2D eigenvalue weighted by Crippen LogP contribution is 2.28. The number of benzene rings is 2. The summed E-state index contributed by atoms with van der Waals surface area (Å²) in [7, 11) is 0. The van der Waals surface area contributed by atoms with Crippen molar-refractivity contribution in [3.63, 3.8) is 0 Å². The second-order valence-electron chi connectivity index (χ2n) is 4.79. The third kappa shape index (κ3) is 4.80.